The lowest BCUT2D eigenvalue weighted by molar-refractivity contribution is -0.137. The fourth-order valence-corrected chi connectivity index (χ4v) is 3.58. The molecule has 0 aliphatic carbocycles. The molecule has 0 bridgehead atoms. The van der Waals surface area contributed by atoms with Crippen LogP contribution in [0.15, 0.2) is 42.6 Å². The number of nitrogens with one attached hydrogen (secondary N) is 2. The second-order valence-corrected chi connectivity index (χ2v) is 7.79. The van der Waals surface area contributed by atoms with Gasteiger partial charge in [-0.3, -0.25) is 4.79 Å². The van der Waals surface area contributed by atoms with Crippen LogP contribution in [0.5, 0.6) is 5.75 Å². The fourth-order valence-electron chi connectivity index (χ4n) is 2.84. The number of amides is 1. The smallest absolute Gasteiger partial charge is 0.416 e. The number of carbonyl (C=O) groups is 1. The Labute approximate surface area is 175 Å². The van der Waals surface area contributed by atoms with Crippen molar-refractivity contribution in [3.63, 3.8) is 0 Å². The van der Waals surface area contributed by atoms with E-state index in [4.69, 9.17) is 0 Å². The molecular weight excluding hydrogens is 415 g/mol. The Kier molecular flexibility index (Phi) is 6.31. The van der Waals surface area contributed by atoms with Crippen molar-refractivity contribution < 1.29 is 23.1 Å². The molecule has 1 amide bonds. The Balaban J connectivity index is 1.56. The molecule has 1 heterocycles. The minimum absolute atomic E-state index is 0.103. The Hall–Kier alpha value is -3.07. The van der Waals surface area contributed by atoms with E-state index < -0.39 is 11.7 Å². The van der Waals surface area contributed by atoms with Crippen LogP contribution in [0, 0.1) is 13.8 Å². The molecule has 0 saturated carbocycles. The number of phenols is 1. The summed E-state index contributed by atoms with van der Waals surface area (Å²) in [5.74, 6) is -0.231. The molecule has 0 unspecified atom stereocenters. The zero-order chi connectivity index (χ0) is 21.9. The number of aromatic nitrogens is 1. The van der Waals surface area contributed by atoms with Crippen molar-refractivity contribution in [3.05, 3.63) is 69.7 Å². The second-order valence-electron chi connectivity index (χ2n) is 6.76. The quantitative estimate of drug-likeness (QED) is 0.485. The molecule has 1 aromatic heterocycles. The van der Waals surface area contributed by atoms with Gasteiger partial charge in [0.2, 0.25) is 0 Å². The third kappa shape index (κ3) is 5.10. The summed E-state index contributed by atoms with van der Waals surface area (Å²) in [6.07, 6.45) is -2.38. The van der Waals surface area contributed by atoms with E-state index >= 15 is 0 Å². The third-order valence-electron chi connectivity index (χ3n) is 4.58. The normalized spacial score (nSPS) is 11.4. The molecule has 3 rings (SSSR count). The van der Waals surface area contributed by atoms with Crippen LogP contribution in [0.2, 0.25) is 0 Å². The van der Waals surface area contributed by atoms with Crippen LogP contribution < -0.4 is 10.6 Å². The van der Waals surface area contributed by atoms with E-state index in [0.717, 1.165) is 23.3 Å². The number of benzene rings is 2. The van der Waals surface area contributed by atoms with Gasteiger partial charge in [-0.1, -0.05) is 29.5 Å². The zero-order valence-corrected chi connectivity index (χ0v) is 17.1. The summed E-state index contributed by atoms with van der Waals surface area (Å²) in [6.45, 7) is 4.02. The summed E-state index contributed by atoms with van der Waals surface area (Å²) in [4.78, 5) is 17.1. The van der Waals surface area contributed by atoms with Crippen LogP contribution in [0.1, 0.15) is 31.9 Å². The van der Waals surface area contributed by atoms with Gasteiger partial charge in [0.25, 0.3) is 5.91 Å². The highest BCUT2D eigenvalue weighted by Crippen LogP contribution is 2.30. The standard InChI is InChI=1S/C21H20F3N3O2S/c1-12-3-8-16(28)13(2)18(12)27-19(29)17-11-26-20(30-17)25-10-9-14-4-6-15(7-5-14)21(22,23)24/h3-8,11,28H,9-10H2,1-2H3,(H,25,26)(H,27,29). The molecule has 0 fully saturated rings. The first kappa shape index (κ1) is 21.6. The molecule has 0 saturated heterocycles. The molecule has 158 valence electrons. The van der Waals surface area contributed by atoms with Crippen LogP contribution in [-0.4, -0.2) is 22.5 Å². The van der Waals surface area contributed by atoms with Gasteiger partial charge in [-0.2, -0.15) is 13.2 Å². The number of hydrogen-bond donors (Lipinski definition) is 3. The fraction of sp³-hybridized carbons (Fsp3) is 0.238. The molecule has 0 radical (unpaired) electrons. The van der Waals surface area contributed by atoms with Crippen molar-refractivity contribution >= 4 is 28.1 Å². The van der Waals surface area contributed by atoms with Crippen LogP contribution in [0.3, 0.4) is 0 Å². The van der Waals surface area contributed by atoms with E-state index in [0.29, 0.717) is 34.2 Å². The van der Waals surface area contributed by atoms with Crippen molar-refractivity contribution in [1.82, 2.24) is 4.98 Å². The lowest BCUT2D eigenvalue weighted by atomic mass is 10.1. The number of hydrogen-bond acceptors (Lipinski definition) is 5. The first-order valence-corrected chi connectivity index (χ1v) is 9.93. The number of phenolic OH excluding ortho intramolecular Hbond substituents is 1. The molecule has 0 spiro atoms. The highest BCUT2D eigenvalue weighted by atomic mass is 32.1. The van der Waals surface area contributed by atoms with Gasteiger partial charge in [0.1, 0.15) is 10.6 Å². The average Bonchev–Trinajstić information content (AvgIpc) is 3.17. The van der Waals surface area contributed by atoms with E-state index in [1.807, 2.05) is 6.92 Å². The number of rotatable bonds is 6. The minimum Gasteiger partial charge on any atom is -0.508 e. The van der Waals surface area contributed by atoms with Gasteiger partial charge in [0.05, 0.1) is 17.4 Å². The molecule has 3 N–H and O–H groups in total. The SMILES string of the molecule is Cc1ccc(O)c(C)c1NC(=O)c1cnc(NCCc2ccc(C(F)(F)F)cc2)s1. The number of halogens is 3. The maximum Gasteiger partial charge on any atom is 0.416 e. The number of carbonyl (C=O) groups excluding carboxylic acids is 1. The van der Waals surface area contributed by atoms with Gasteiger partial charge in [-0.25, -0.2) is 4.98 Å². The van der Waals surface area contributed by atoms with Gasteiger partial charge in [0, 0.05) is 12.1 Å². The van der Waals surface area contributed by atoms with Crippen LogP contribution in [0.25, 0.3) is 0 Å². The molecule has 2 aromatic carbocycles. The maximum absolute atomic E-state index is 12.6. The van der Waals surface area contributed by atoms with E-state index in [1.54, 1.807) is 19.1 Å². The number of aryl methyl sites for hydroxylation is 1. The molecule has 0 atom stereocenters. The second kappa shape index (κ2) is 8.74. The monoisotopic (exact) mass is 435 g/mol. The Morgan fingerprint density at radius 3 is 2.50 bits per heavy atom. The summed E-state index contributed by atoms with van der Waals surface area (Å²) < 4.78 is 37.8. The van der Waals surface area contributed by atoms with Crippen LogP contribution in [0.4, 0.5) is 24.0 Å². The maximum atomic E-state index is 12.6. The predicted molar refractivity (Wildman–Crippen MR) is 111 cm³/mol. The van der Waals surface area contributed by atoms with Gasteiger partial charge in [0.15, 0.2) is 5.13 Å². The molecule has 3 aromatic rings. The highest BCUT2D eigenvalue weighted by molar-refractivity contribution is 7.17. The number of alkyl halides is 3. The van der Waals surface area contributed by atoms with Crippen molar-refractivity contribution in [3.8, 4) is 5.75 Å². The highest BCUT2D eigenvalue weighted by Gasteiger charge is 2.29. The lowest BCUT2D eigenvalue weighted by Crippen LogP contribution is -2.12. The van der Waals surface area contributed by atoms with E-state index in [1.165, 1.54) is 29.7 Å². The first-order valence-electron chi connectivity index (χ1n) is 9.11. The van der Waals surface area contributed by atoms with Gasteiger partial charge in [-0.15, -0.1) is 0 Å². The van der Waals surface area contributed by atoms with Crippen molar-refractivity contribution in [2.45, 2.75) is 26.4 Å². The van der Waals surface area contributed by atoms with E-state index in [-0.39, 0.29) is 11.7 Å². The molecule has 0 aliphatic rings. The van der Waals surface area contributed by atoms with Crippen molar-refractivity contribution in [2.24, 2.45) is 0 Å². The average molecular weight is 435 g/mol. The zero-order valence-electron chi connectivity index (χ0n) is 16.3. The Morgan fingerprint density at radius 2 is 1.83 bits per heavy atom. The van der Waals surface area contributed by atoms with Crippen molar-refractivity contribution in [1.29, 1.82) is 0 Å². The summed E-state index contributed by atoms with van der Waals surface area (Å²) in [5, 5.41) is 16.2. The van der Waals surface area contributed by atoms with E-state index in [9.17, 15) is 23.1 Å². The largest absolute Gasteiger partial charge is 0.508 e. The Bertz CT molecular complexity index is 1050. The topological polar surface area (TPSA) is 74.2 Å². The lowest BCUT2D eigenvalue weighted by Gasteiger charge is -2.11. The number of aromatic hydroxyl groups is 1. The Morgan fingerprint density at radius 1 is 1.13 bits per heavy atom. The number of thiazole rings is 1. The molecule has 0 aliphatic heterocycles. The van der Waals surface area contributed by atoms with Gasteiger partial charge < -0.3 is 15.7 Å². The number of anilines is 2. The summed E-state index contributed by atoms with van der Waals surface area (Å²) in [7, 11) is 0. The number of nitrogens with zero attached hydrogens (tertiary/aromatic N) is 1. The third-order valence-corrected chi connectivity index (χ3v) is 5.54. The van der Waals surface area contributed by atoms with Crippen LogP contribution >= 0.6 is 11.3 Å². The first-order chi connectivity index (χ1) is 14.1. The molecular formula is C21H20F3N3O2S. The summed E-state index contributed by atoms with van der Waals surface area (Å²) in [5.41, 5.74) is 2.07. The van der Waals surface area contributed by atoms with Gasteiger partial charge >= 0.3 is 6.18 Å². The molecule has 9 heteroatoms. The molecule has 30 heavy (non-hydrogen) atoms. The van der Waals surface area contributed by atoms with Crippen LogP contribution in [-0.2, 0) is 12.6 Å². The summed E-state index contributed by atoms with van der Waals surface area (Å²) >= 11 is 1.17. The predicted octanol–water partition coefficient (Wildman–Crippen LogP) is 5.39. The van der Waals surface area contributed by atoms with Crippen molar-refractivity contribution in [2.75, 3.05) is 17.2 Å². The van der Waals surface area contributed by atoms with Gasteiger partial charge in [-0.05, 0) is 49.6 Å². The minimum atomic E-state index is -4.34. The molecule has 5 nitrogen and oxygen atoms in total. The summed E-state index contributed by atoms with van der Waals surface area (Å²) in [6, 6.07) is 8.32. The van der Waals surface area contributed by atoms with E-state index in [2.05, 4.69) is 15.6 Å².